The van der Waals surface area contributed by atoms with Gasteiger partial charge in [-0.2, -0.15) is 5.26 Å². The number of nitrogens with one attached hydrogen (secondary N) is 1. The van der Waals surface area contributed by atoms with E-state index in [1.165, 1.54) is 0 Å². The number of non-ortho nitro benzene ring substituents is 1. The van der Waals surface area contributed by atoms with E-state index >= 15 is 0 Å². The summed E-state index contributed by atoms with van der Waals surface area (Å²) in [7, 11) is 1.73. The lowest BCUT2D eigenvalue weighted by atomic mass is 10.2. The summed E-state index contributed by atoms with van der Waals surface area (Å²) in [5.41, 5.74) is 1.15. The number of hydrogen-bond acceptors (Lipinski definition) is 4. The molecule has 0 aliphatic heterocycles. The molecule has 0 fully saturated rings. The molecule has 0 saturated carbocycles. The number of hydrogen-bond donors (Lipinski definition) is 1. The second kappa shape index (κ2) is 5.40. The fourth-order valence-electron chi connectivity index (χ4n) is 1.80. The van der Waals surface area contributed by atoms with Crippen LogP contribution in [0.2, 0.25) is 0 Å². The Balaban J connectivity index is 2.16. The van der Waals surface area contributed by atoms with Gasteiger partial charge in [0, 0.05) is 31.9 Å². The van der Waals surface area contributed by atoms with Crippen LogP contribution in [-0.2, 0) is 13.6 Å². The zero-order chi connectivity index (χ0) is 14.7. The van der Waals surface area contributed by atoms with Gasteiger partial charge >= 0.3 is 0 Å². The van der Waals surface area contributed by atoms with Gasteiger partial charge < -0.3 is 9.88 Å². The van der Waals surface area contributed by atoms with Crippen molar-refractivity contribution >= 4 is 11.4 Å². The van der Waals surface area contributed by atoms with Crippen LogP contribution in [0.5, 0.6) is 0 Å². The molecule has 0 atom stereocenters. The Morgan fingerprint density at radius 3 is 2.85 bits per heavy atom. The van der Waals surface area contributed by atoms with Crippen LogP contribution in [0.1, 0.15) is 11.3 Å². The molecule has 1 heterocycles. The van der Waals surface area contributed by atoms with Crippen molar-refractivity contribution < 1.29 is 9.31 Å². The molecule has 2 aromatic rings. The topological polar surface area (TPSA) is 83.9 Å². The van der Waals surface area contributed by atoms with Crippen molar-refractivity contribution in [2.45, 2.75) is 6.54 Å². The van der Waals surface area contributed by atoms with Gasteiger partial charge in [0.2, 0.25) is 0 Å². The third kappa shape index (κ3) is 2.75. The van der Waals surface area contributed by atoms with Crippen LogP contribution < -0.4 is 5.32 Å². The molecule has 0 bridgehead atoms. The molecule has 0 saturated heterocycles. The lowest BCUT2D eigenvalue weighted by Crippen LogP contribution is -2.01. The number of benzene rings is 1. The van der Waals surface area contributed by atoms with Gasteiger partial charge in [-0.15, -0.1) is 0 Å². The zero-order valence-electron chi connectivity index (χ0n) is 10.6. The maximum Gasteiger partial charge on any atom is 0.271 e. The van der Waals surface area contributed by atoms with Crippen LogP contribution in [0.4, 0.5) is 15.8 Å². The van der Waals surface area contributed by atoms with Gasteiger partial charge in [0.15, 0.2) is 0 Å². The normalized spacial score (nSPS) is 10.1. The second-order valence-corrected chi connectivity index (χ2v) is 4.23. The number of nitrogens with zero attached hydrogens (tertiary/aromatic N) is 3. The Bertz CT molecular complexity index is 703. The van der Waals surface area contributed by atoms with E-state index in [0.29, 0.717) is 5.69 Å². The molecule has 7 heteroatoms. The van der Waals surface area contributed by atoms with Crippen LogP contribution in [-0.4, -0.2) is 9.49 Å². The number of nitro benzene ring substituents is 1. The Morgan fingerprint density at radius 2 is 2.25 bits per heavy atom. The van der Waals surface area contributed by atoms with Gasteiger partial charge in [-0.1, -0.05) is 0 Å². The third-order valence-electron chi connectivity index (χ3n) is 2.82. The van der Waals surface area contributed by atoms with E-state index in [2.05, 4.69) is 5.32 Å². The second-order valence-electron chi connectivity index (χ2n) is 4.23. The average Bonchev–Trinajstić information content (AvgIpc) is 2.78. The minimum Gasteiger partial charge on any atom is -0.378 e. The first-order valence-corrected chi connectivity index (χ1v) is 5.74. The maximum atomic E-state index is 13.5. The monoisotopic (exact) mass is 274 g/mol. The fraction of sp³-hybridized carbons (Fsp3) is 0.154. The molecule has 6 nitrogen and oxygen atoms in total. The highest BCUT2D eigenvalue weighted by atomic mass is 19.1. The number of rotatable bonds is 4. The summed E-state index contributed by atoms with van der Waals surface area (Å²) in [6.07, 6.45) is 1.74. The molecule has 0 aliphatic rings. The van der Waals surface area contributed by atoms with Crippen molar-refractivity contribution in [1.82, 2.24) is 4.57 Å². The third-order valence-corrected chi connectivity index (χ3v) is 2.82. The van der Waals surface area contributed by atoms with Crippen LogP contribution >= 0.6 is 0 Å². The highest BCUT2D eigenvalue weighted by molar-refractivity contribution is 5.52. The van der Waals surface area contributed by atoms with Crippen molar-refractivity contribution in [2.75, 3.05) is 5.32 Å². The molecule has 1 N–H and O–H groups in total. The Morgan fingerprint density at radius 1 is 1.50 bits per heavy atom. The average molecular weight is 274 g/mol. The number of nitro groups is 1. The summed E-state index contributed by atoms with van der Waals surface area (Å²) >= 11 is 0. The van der Waals surface area contributed by atoms with E-state index in [1.54, 1.807) is 23.9 Å². The van der Waals surface area contributed by atoms with Gasteiger partial charge in [0.05, 0.1) is 10.6 Å². The molecular weight excluding hydrogens is 263 g/mol. The van der Waals surface area contributed by atoms with Gasteiger partial charge in [-0.25, -0.2) is 4.39 Å². The molecule has 0 radical (unpaired) electrons. The molecule has 20 heavy (non-hydrogen) atoms. The molecular formula is C13H11FN4O2. The maximum absolute atomic E-state index is 13.5. The Labute approximate surface area is 114 Å². The Hall–Kier alpha value is -2.88. The molecule has 2 rings (SSSR count). The lowest BCUT2D eigenvalue weighted by Gasteiger charge is -2.06. The van der Waals surface area contributed by atoms with Crippen molar-refractivity contribution in [2.24, 2.45) is 7.05 Å². The van der Waals surface area contributed by atoms with E-state index in [9.17, 15) is 14.5 Å². The van der Waals surface area contributed by atoms with E-state index in [4.69, 9.17) is 5.26 Å². The lowest BCUT2D eigenvalue weighted by molar-refractivity contribution is -0.384. The highest BCUT2D eigenvalue weighted by Crippen LogP contribution is 2.22. The summed E-state index contributed by atoms with van der Waals surface area (Å²) in [5, 5.41) is 22.3. The minimum atomic E-state index is -0.582. The fourth-order valence-corrected chi connectivity index (χ4v) is 1.80. The standard InChI is InChI=1S/C13H11FN4O2/c1-17-8-9(4-11(17)6-15)7-16-13-5-10(18(19)20)2-3-12(13)14/h2-5,8,16H,7H2,1H3. The number of nitriles is 1. The first kappa shape index (κ1) is 13.5. The number of halogens is 1. The molecule has 0 unspecified atom stereocenters. The van der Waals surface area contributed by atoms with Crippen molar-refractivity contribution in [3.05, 3.63) is 57.7 Å². The van der Waals surface area contributed by atoms with Gasteiger partial charge in [0.1, 0.15) is 17.6 Å². The molecule has 1 aromatic carbocycles. The quantitative estimate of drug-likeness (QED) is 0.686. The van der Waals surface area contributed by atoms with Crippen molar-refractivity contribution in [3.8, 4) is 6.07 Å². The highest BCUT2D eigenvalue weighted by Gasteiger charge is 2.11. The molecule has 0 aliphatic carbocycles. The summed E-state index contributed by atoms with van der Waals surface area (Å²) in [5.74, 6) is -0.563. The van der Waals surface area contributed by atoms with Gasteiger partial charge in [0.25, 0.3) is 5.69 Å². The predicted octanol–water partition coefficient (Wildman–Crippen LogP) is 2.56. The summed E-state index contributed by atoms with van der Waals surface area (Å²) < 4.78 is 15.2. The summed E-state index contributed by atoms with van der Waals surface area (Å²) in [4.78, 5) is 10.1. The number of aromatic nitrogens is 1. The first-order valence-electron chi connectivity index (χ1n) is 5.74. The first-order chi connectivity index (χ1) is 9.51. The van der Waals surface area contributed by atoms with E-state index in [-0.39, 0.29) is 17.9 Å². The zero-order valence-corrected chi connectivity index (χ0v) is 10.6. The van der Waals surface area contributed by atoms with E-state index in [1.807, 2.05) is 6.07 Å². The van der Waals surface area contributed by atoms with Gasteiger partial charge in [-0.3, -0.25) is 10.1 Å². The number of aryl methyl sites for hydroxylation is 1. The van der Waals surface area contributed by atoms with Crippen LogP contribution in [0.15, 0.2) is 30.5 Å². The Kier molecular flexibility index (Phi) is 3.66. The SMILES string of the molecule is Cn1cc(CNc2cc([N+](=O)[O-])ccc2F)cc1C#N. The molecule has 102 valence electrons. The molecule has 0 spiro atoms. The predicted molar refractivity (Wildman–Crippen MR) is 70.5 cm³/mol. The minimum absolute atomic E-state index is 0.0570. The smallest absolute Gasteiger partial charge is 0.271 e. The van der Waals surface area contributed by atoms with E-state index < -0.39 is 10.7 Å². The van der Waals surface area contributed by atoms with Gasteiger partial charge in [-0.05, 0) is 17.7 Å². The molecule has 0 amide bonds. The summed E-state index contributed by atoms with van der Waals surface area (Å²) in [6, 6.07) is 6.99. The number of anilines is 1. The van der Waals surface area contributed by atoms with E-state index in [0.717, 1.165) is 23.8 Å². The largest absolute Gasteiger partial charge is 0.378 e. The van der Waals surface area contributed by atoms with Crippen molar-refractivity contribution in [1.29, 1.82) is 5.26 Å². The van der Waals surface area contributed by atoms with Crippen LogP contribution in [0, 0.1) is 27.3 Å². The van der Waals surface area contributed by atoms with Crippen LogP contribution in [0.25, 0.3) is 0 Å². The van der Waals surface area contributed by atoms with Crippen molar-refractivity contribution in [3.63, 3.8) is 0 Å². The summed E-state index contributed by atoms with van der Waals surface area (Å²) in [6.45, 7) is 0.271. The van der Waals surface area contributed by atoms with Crippen LogP contribution in [0.3, 0.4) is 0 Å². The molecule has 1 aromatic heterocycles.